The van der Waals surface area contributed by atoms with Crippen LogP contribution in [0, 0.1) is 23.2 Å². The number of hydrogen-bond donors (Lipinski definition) is 1. The first-order valence-electron chi connectivity index (χ1n) is 6.73. The Labute approximate surface area is 125 Å². The van der Waals surface area contributed by atoms with Crippen LogP contribution in [0.1, 0.15) is 16.7 Å². The van der Waals surface area contributed by atoms with Crippen LogP contribution >= 0.6 is 0 Å². The van der Waals surface area contributed by atoms with Crippen molar-refractivity contribution in [3.8, 4) is 17.9 Å². The minimum atomic E-state index is 0.349. The molecule has 0 heterocycles. The highest BCUT2D eigenvalue weighted by Crippen LogP contribution is 2.21. The van der Waals surface area contributed by atoms with Crippen LogP contribution in [0.5, 0.6) is 0 Å². The lowest BCUT2D eigenvalue weighted by Gasteiger charge is -2.21. The minimum absolute atomic E-state index is 0.349. The van der Waals surface area contributed by atoms with Gasteiger partial charge in [-0.1, -0.05) is 42.2 Å². The summed E-state index contributed by atoms with van der Waals surface area (Å²) < 4.78 is 0. The first kappa shape index (κ1) is 14.7. The molecule has 0 radical (unpaired) electrons. The number of hydrogen-bond acceptors (Lipinski definition) is 3. The molecule has 3 heteroatoms. The Kier molecular flexibility index (Phi) is 4.99. The Bertz CT molecular complexity index is 717. The Balaban J connectivity index is 2.28. The second-order valence-electron chi connectivity index (χ2n) is 4.65. The number of nitrogens with two attached hydrogens (primary N) is 1. The summed E-state index contributed by atoms with van der Waals surface area (Å²) in [5.41, 5.74) is 9.12. The standard InChI is InChI=1S/C18H17N3/c1-21(18-11-5-4-8-16(18)13-20)14-17-9-3-2-7-15(17)10-6-12-19/h2-5,7-9,11H,12,14,19H2,1H3. The van der Waals surface area contributed by atoms with Crippen LogP contribution in [0.4, 0.5) is 5.69 Å². The molecule has 0 saturated carbocycles. The van der Waals surface area contributed by atoms with Crippen molar-refractivity contribution in [3.63, 3.8) is 0 Å². The Morgan fingerprint density at radius 2 is 1.71 bits per heavy atom. The lowest BCUT2D eigenvalue weighted by molar-refractivity contribution is 0.918. The average Bonchev–Trinajstić information content (AvgIpc) is 2.54. The van der Waals surface area contributed by atoms with Crippen LogP contribution < -0.4 is 10.6 Å². The van der Waals surface area contributed by atoms with Crippen molar-refractivity contribution in [1.29, 1.82) is 5.26 Å². The first-order chi connectivity index (χ1) is 10.3. The zero-order valence-electron chi connectivity index (χ0n) is 12.0. The van der Waals surface area contributed by atoms with E-state index in [1.165, 1.54) is 0 Å². The van der Waals surface area contributed by atoms with E-state index in [0.717, 1.165) is 16.8 Å². The third-order valence-electron chi connectivity index (χ3n) is 3.19. The molecule has 0 spiro atoms. The molecule has 2 N–H and O–H groups in total. The lowest BCUT2D eigenvalue weighted by Crippen LogP contribution is -2.18. The molecule has 0 saturated heterocycles. The van der Waals surface area contributed by atoms with Gasteiger partial charge in [-0.3, -0.25) is 0 Å². The van der Waals surface area contributed by atoms with Crippen molar-refractivity contribution in [1.82, 2.24) is 0 Å². The smallest absolute Gasteiger partial charge is 0.101 e. The summed E-state index contributed by atoms with van der Waals surface area (Å²) in [5, 5.41) is 9.19. The Morgan fingerprint density at radius 1 is 1.05 bits per heavy atom. The second kappa shape index (κ2) is 7.14. The summed E-state index contributed by atoms with van der Waals surface area (Å²) in [5.74, 6) is 5.98. The average molecular weight is 275 g/mol. The van der Waals surface area contributed by atoms with Gasteiger partial charge in [-0.2, -0.15) is 5.26 Å². The normalized spacial score (nSPS) is 9.38. The molecule has 0 bridgehead atoms. The number of anilines is 1. The van der Waals surface area contributed by atoms with Crippen molar-refractivity contribution >= 4 is 5.69 Å². The first-order valence-corrected chi connectivity index (χ1v) is 6.73. The Hall–Kier alpha value is -2.75. The van der Waals surface area contributed by atoms with Gasteiger partial charge in [-0.05, 0) is 23.8 Å². The zero-order chi connectivity index (χ0) is 15.1. The van der Waals surface area contributed by atoms with Crippen LogP contribution in [0.15, 0.2) is 48.5 Å². The molecule has 0 aliphatic heterocycles. The lowest BCUT2D eigenvalue weighted by atomic mass is 10.1. The maximum atomic E-state index is 9.19. The van der Waals surface area contributed by atoms with Crippen molar-refractivity contribution in [2.75, 3.05) is 18.5 Å². The van der Waals surface area contributed by atoms with Crippen molar-refractivity contribution in [3.05, 3.63) is 65.2 Å². The number of rotatable bonds is 3. The number of para-hydroxylation sites is 1. The maximum absolute atomic E-state index is 9.19. The predicted octanol–water partition coefficient (Wildman–Crippen LogP) is 2.50. The van der Waals surface area contributed by atoms with Crippen molar-refractivity contribution in [2.24, 2.45) is 5.73 Å². The van der Waals surface area contributed by atoms with Crippen LogP contribution in [-0.2, 0) is 6.54 Å². The highest BCUT2D eigenvalue weighted by molar-refractivity contribution is 5.59. The third kappa shape index (κ3) is 3.63. The summed E-state index contributed by atoms with van der Waals surface area (Å²) in [6, 6.07) is 17.8. The molecule has 0 aliphatic rings. The fourth-order valence-electron chi connectivity index (χ4n) is 2.17. The molecule has 2 aromatic rings. The van der Waals surface area contributed by atoms with Crippen LogP contribution in [0.2, 0.25) is 0 Å². The molecular formula is C18H17N3. The monoisotopic (exact) mass is 275 g/mol. The highest BCUT2D eigenvalue weighted by atomic mass is 15.1. The molecule has 2 aromatic carbocycles. The van der Waals surface area contributed by atoms with E-state index in [2.05, 4.69) is 22.8 Å². The van der Waals surface area contributed by atoms with Gasteiger partial charge >= 0.3 is 0 Å². The molecule has 0 unspecified atom stereocenters. The molecule has 0 amide bonds. The summed E-state index contributed by atoms with van der Waals surface area (Å²) in [6.45, 7) is 1.04. The van der Waals surface area contributed by atoms with E-state index in [9.17, 15) is 5.26 Å². The van der Waals surface area contributed by atoms with E-state index >= 15 is 0 Å². The van der Waals surface area contributed by atoms with E-state index in [0.29, 0.717) is 18.7 Å². The van der Waals surface area contributed by atoms with E-state index in [1.807, 2.05) is 55.6 Å². The van der Waals surface area contributed by atoms with Gasteiger partial charge in [0.25, 0.3) is 0 Å². The van der Waals surface area contributed by atoms with Crippen LogP contribution in [-0.4, -0.2) is 13.6 Å². The van der Waals surface area contributed by atoms with Gasteiger partial charge in [0, 0.05) is 19.2 Å². The predicted molar refractivity (Wildman–Crippen MR) is 85.6 cm³/mol. The molecular weight excluding hydrogens is 258 g/mol. The zero-order valence-corrected chi connectivity index (χ0v) is 12.0. The van der Waals surface area contributed by atoms with E-state index < -0.39 is 0 Å². The van der Waals surface area contributed by atoms with Crippen molar-refractivity contribution < 1.29 is 0 Å². The van der Waals surface area contributed by atoms with Crippen molar-refractivity contribution in [2.45, 2.75) is 6.54 Å². The second-order valence-corrected chi connectivity index (χ2v) is 4.65. The fourth-order valence-corrected chi connectivity index (χ4v) is 2.17. The molecule has 0 fully saturated rings. The summed E-state index contributed by atoms with van der Waals surface area (Å²) >= 11 is 0. The number of benzene rings is 2. The van der Waals surface area contributed by atoms with E-state index in [-0.39, 0.29) is 0 Å². The molecule has 104 valence electrons. The maximum Gasteiger partial charge on any atom is 0.101 e. The fraction of sp³-hybridized carbons (Fsp3) is 0.167. The molecule has 3 nitrogen and oxygen atoms in total. The Morgan fingerprint density at radius 3 is 2.43 bits per heavy atom. The molecule has 2 rings (SSSR count). The summed E-state index contributed by atoms with van der Waals surface area (Å²) in [7, 11) is 1.98. The molecule has 0 atom stereocenters. The van der Waals surface area contributed by atoms with Gasteiger partial charge in [0.15, 0.2) is 0 Å². The van der Waals surface area contributed by atoms with E-state index in [4.69, 9.17) is 5.73 Å². The quantitative estimate of drug-likeness (QED) is 0.876. The van der Waals surface area contributed by atoms with Gasteiger partial charge in [0.05, 0.1) is 17.8 Å². The number of nitriles is 1. The van der Waals surface area contributed by atoms with Crippen LogP contribution in [0.3, 0.4) is 0 Å². The SMILES string of the molecule is CN(Cc1ccccc1C#CCN)c1ccccc1C#N. The molecule has 0 aromatic heterocycles. The molecule has 0 aliphatic carbocycles. The number of nitrogens with zero attached hydrogens (tertiary/aromatic N) is 2. The van der Waals surface area contributed by atoms with Gasteiger partial charge in [-0.15, -0.1) is 0 Å². The topological polar surface area (TPSA) is 53.0 Å². The van der Waals surface area contributed by atoms with Gasteiger partial charge in [-0.25, -0.2) is 0 Å². The van der Waals surface area contributed by atoms with Gasteiger partial charge in [0.1, 0.15) is 6.07 Å². The highest BCUT2D eigenvalue weighted by Gasteiger charge is 2.08. The third-order valence-corrected chi connectivity index (χ3v) is 3.19. The van der Waals surface area contributed by atoms with E-state index in [1.54, 1.807) is 0 Å². The summed E-state index contributed by atoms with van der Waals surface area (Å²) in [4.78, 5) is 2.06. The van der Waals surface area contributed by atoms with Crippen LogP contribution in [0.25, 0.3) is 0 Å². The largest absolute Gasteiger partial charge is 0.369 e. The summed E-state index contributed by atoms with van der Waals surface area (Å²) in [6.07, 6.45) is 0. The minimum Gasteiger partial charge on any atom is -0.369 e. The van der Waals surface area contributed by atoms with Gasteiger partial charge < -0.3 is 10.6 Å². The van der Waals surface area contributed by atoms with Gasteiger partial charge in [0.2, 0.25) is 0 Å². The molecule has 21 heavy (non-hydrogen) atoms.